The van der Waals surface area contributed by atoms with Crippen LogP contribution in [0.4, 0.5) is 10.1 Å². The van der Waals surface area contributed by atoms with E-state index in [1.807, 2.05) is 7.05 Å². The summed E-state index contributed by atoms with van der Waals surface area (Å²) in [6.07, 6.45) is 1.09. The summed E-state index contributed by atoms with van der Waals surface area (Å²) in [7, 11) is 2.02. The molecule has 1 saturated heterocycles. The highest BCUT2D eigenvalue weighted by atomic mass is 79.9. The molecule has 2 nitrogen and oxygen atoms in total. The van der Waals surface area contributed by atoms with Crippen LogP contribution in [0.5, 0.6) is 0 Å². The molecule has 4 heteroatoms. The summed E-state index contributed by atoms with van der Waals surface area (Å²) in [6, 6.07) is 5.83. The van der Waals surface area contributed by atoms with Gasteiger partial charge in [0.05, 0.1) is 5.69 Å². The number of hydrogen-bond donors (Lipinski definition) is 1. The van der Waals surface area contributed by atoms with Crippen molar-refractivity contribution in [1.29, 1.82) is 0 Å². The van der Waals surface area contributed by atoms with E-state index in [0.717, 1.165) is 23.1 Å². The third-order valence-electron chi connectivity index (χ3n) is 4.16. The fourth-order valence-electron chi connectivity index (χ4n) is 2.82. The van der Waals surface area contributed by atoms with Gasteiger partial charge in [-0.1, -0.05) is 6.92 Å². The van der Waals surface area contributed by atoms with Crippen LogP contribution in [-0.4, -0.2) is 25.7 Å². The van der Waals surface area contributed by atoms with Crippen molar-refractivity contribution in [3.8, 4) is 0 Å². The number of benzene rings is 1. The largest absolute Gasteiger partial charge is 0.367 e. The van der Waals surface area contributed by atoms with Crippen molar-refractivity contribution in [2.75, 3.05) is 18.5 Å². The van der Waals surface area contributed by atoms with Crippen LogP contribution in [0.2, 0.25) is 0 Å². The maximum absolute atomic E-state index is 13.4. The molecule has 2 rings (SSSR count). The van der Waals surface area contributed by atoms with Crippen LogP contribution in [0, 0.1) is 11.7 Å². The first kappa shape index (κ1) is 13.8. The molecule has 1 aliphatic rings. The van der Waals surface area contributed by atoms with Gasteiger partial charge in [0.1, 0.15) is 5.82 Å². The number of hydrogen-bond acceptors (Lipinski definition) is 2. The summed E-state index contributed by atoms with van der Waals surface area (Å²) in [5.74, 6) is 0.364. The van der Waals surface area contributed by atoms with Gasteiger partial charge in [-0.2, -0.15) is 0 Å². The van der Waals surface area contributed by atoms with Gasteiger partial charge < -0.3 is 10.2 Å². The zero-order valence-electron chi connectivity index (χ0n) is 11.1. The van der Waals surface area contributed by atoms with Crippen LogP contribution in [0.25, 0.3) is 0 Å². The summed E-state index contributed by atoms with van der Waals surface area (Å²) in [6.45, 7) is 5.43. The summed E-state index contributed by atoms with van der Waals surface area (Å²) in [4.78, 5) is 2.30. The van der Waals surface area contributed by atoms with E-state index in [-0.39, 0.29) is 5.82 Å². The van der Waals surface area contributed by atoms with Gasteiger partial charge >= 0.3 is 0 Å². The van der Waals surface area contributed by atoms with E-state index in [0.29, 0.717) is 18.0 Å². The SMILES string of the molecule is CNC1CCN(c2cc(F)ccc2Br)C(C)C1C. The van der Waals surface area contributed by atoms with Crippen LogP contribution in [0.15, 0.2) is 22.7 Å². The summed E-state index contributed by atoms with van der Waals surface area (Å²) < 4.78 is 14.4. The molecule has 1 aromatic rings. The van der Waals surface area contributed by atoms with Gasteiger partial charge in [0, 0.05) is 23.1 Å². The molecule has 0 bridgehead atoms. The first-order chi connectivity index (χ1) is 8.54. The Balaban J connectivity index is 2.26. The van der Waals surface area contributed by atoms with E-state index in [9.17, 15) is 4.39 Å². The maximum Gasteiger partial charge on any atom is 0.125 e. The number of rotatable bonds is 2. The molecule has 1 N–H and O–H groups in total. The van der Waals surface area contributed by atoms with Crippen molar-refractivity contribution in [1.82, 2.24) is 5.32 Å². The van der Waals surface area contributed by atoms with E-state index in [1.54, 1.807) is 12.1 Å². The van der Waals surface area contributed by atoms with Crippen molar-refractivity contribution in [3.05, 3.63) is 28.5 Å². The fraction of sp³-hybridized carbons (Fsp3) is 0.571. The lowest BCUT2D eigenvalue weighted by Crippen LogP contribution is -2.52. The highest BCUT2D eigenvalue weighted by Crippen LogP contribution is 2.34. The van der Waals surface area contributed by atoms with Crippen molar-refractivity contribution in [2.45, 2.75) is 32.4 Å². The molecule has 0 aliphatic carbocycles. The molecule has 0 amide bonds. The third-order valence-corrected chi connectivity index (χ3v) is 4.83. The first-order valence-corrected chi connectivity index (χ1v) is 7.23. The van der Waals surface area contributed by atoms with Gasteiger partial charge in [-0.05, 0) is 60.4 Å². The molecule has 0 aromatic heterocycles. The smallest absolute Gasteiger partial charge is 0.125 e. The van der Waals surface area contributed by atoms with E-state index in [1.165, 1.54) is 6.07 Å². The molecule has 1 aromatic carbocycles. The third kappa shape index (κ3) is 2.54. The van der Waals surface area contributed by atoms with Gasteiger partial charge in [-0.15, -0.1) is 0 Å². The summed E-state index contributed by atoms with van der Waals surface area (Å²) in [5.41, 5.74) is 0.962. The molecule has 0 radical (unpaired) electrons. The molecular formula is C14H20BrFN2. The molecule has 3 atom stereocenters. The van der Waals surface area contributed by atoms with Crippen LogP contribution >= 0.6 is 15.9 Å². The van der Waals surface area contributed by atoms with Crippen LogP contribution < -0.4 is 10.2 Å². The minimum absolute atomic E-state index is 0.177. The lowest BCUT2D eigenvalue weighted by Gasteiger charge is -2.44. The zero-order valence-corrected chi connectivity index (χ0v) is 12.7. The second-order valence-electron chi connectivity index (χ2n) is 5.07. The topological polar surface area (TPSA) is 15.3 Å². The molecule has 1 heterocycles. The minimum atomic E-state index is -0.177. The molecule has 18 heavy (non-hydrogen) atoms. The number of nitrogens with one attached hydrogen (secondary N) is 1. The van der Waals surface area contributed by atoms with Crippen LogP contribution in [-0.2, 0) is 0 Å². The van der Waals surface area contributed by atoms with Crippen molar-refractivity contribution < 1.29 is 4.39 Å². The van der Waals surface area contributed by atoms with Gasteiger partial charge in [0.15, 0.2) is 0 Å². The number of piperidine rings is 1. The Kier molecular flexibility index (Phi) is 4.28. The number of nitrogens with zero attached hydrogens (tertiary/aromatic N) is 1. The Morgan fingerprint density at radius 1 is 1.39 bits per heavy atom. The highest BCUT2D eigenvalue weighted by Gasteiger charge is 2.32. The van der Waals surface area contributed by atoms with Crippen LogP contribution in [0.1, 0.15) is 20.3 Å². The van der Waals surface area contributed by atoms with Crippen molar-refractivity contribution in [2.24, 2.45) is 5.92 Å². The highest BCUT2D eigenvalue weighted by molar-refractivity contribution is 9.10. The summed E-state index contributed by atoms with van der Waals surface area (Å²) in [5, 5.41) is 3.37. The molecule has 1 aliphatic heterocycles. The second kappa shape index (κ2) is 5.57. The quantitative estimate of drug-likeness (QED) is 0.900. The molecule has 1 fully saturated rings. The van der Waals surface area contributed by atoms with E-state index < -0.39 is 0 Å². The van der Waals surface area contributed by atoms with Crippen LogP contribution in [0.3, 0.4) is 0 Å². The van der Waals surface area contributed by atoms with E-state index >= 15 is 0 Å². The predicted octanol–water partition coefficient (Wildman–Crippen LogP) is 3.41. The Hall–Kier alpha value is -0.610. The molecule has 0 saturated carbocycles. The van der Waals surface area contributed by atoms with Gasteiger partial charge in [0.25, 0.3) is 0 Å². The molecule has 0 spiro atoms. The maximum atomic E-state index is 13.4. The average Bonchev–Trinajstić information content (AvgIpc) is 2.36. The average molecular weight is 315 g/mol. The molecule has 100 valence electrons. The van der Waals surface area contributed by atoms with Crippen molar-refractivity contribution >= 4 is 21.6 Å². The lowest BCUT2D eigenvalue weighted by molar-refractivity contribution is 0.282. The van der Waals surface area contributed by atoms with Gasteiger partial charge in [0.2, 0.25) is 0 Å². The van der Waals surface area contributed by atoms with E-state index in [4.69, 9.17) is 0 Å². The monoisotopic (exact) mass is 314 g/mol. The Bertz CT molecular complexity index is 424. The number of anilines is 1. The lowest BCUT2D eigenvalue weighted by atomic mass is 9.87. The fourth-order valence-corrected chi connectivity index (χ4v) is 3.29. The molecular weight excluding hydrogens is 295 g/mol. The zero-order chi connectivity index (χ0) is 13.3. The normalized spacial score (nSPS) is 28.5. The van der Waals surface area contributed by atoms with Gasteiger partial charge in [-0.25, -0.2) is 4.39 Å². The standard InChI is InChI=1S/C14H20BrFN2/c1-9-10(2)18(7-6-13(9)17-3)14-8-11(16)4-5-12(14)15/h4-5,8-10,13,17H,6-7H2,1-3H3. The number of halogens is 2. The second-order valence-corrected chi connectivity index (χ2v) is 5.93. The Morgan fingerprint density at radius 3 is 2.78 bits per heavy atom. The Morgan fingerprint density at radius 2 is 2.11 bits per heavy atom. The first-order valence-electron chi connectivity index (χ1n) is 6.43. The minimum Gasteiger partial charge on any atom is -0.367 e. The van der Waals surface area contributed by atoms with E-state index in [2.05, 4.69) is 40.0 Å². The summed E-state index contributed by atoms with van der Waals surface area (Å²) >= 11 is 3.52. The predicted molar refractivity (Wildman–Crippen MR) is 77.5 cm³/mol. The molecule has 3 unspecified atom stereocenters. The van der Waals surface area contributed by atoms with Crippen molar-refractivity contribution in [3.63, 3.8) is 0 Å². The Labute approximate surface area is 117 Å². The van der Waals surface area contributed by atoms with Gasteiger partial charge in [-0.3, -0.25) is 0 Å².